The predicted octanol–water partition coefficient (Wildman–Crippen LogP) is -1.43. The van der Waals surface area contributed by atoms with Crippen LogP contribution in [0.5, 0.6) is 0 Å². The number of aliphatic carboxylic acids is 2. The zero-order chi connectivity index (χ0) is 81.5. The molecule has 6 rings (SSSR count). The molecule has 5 aliphatic heterocycles. The van der Waals surface area contributed by atoms with Crippen LogP contribution in [-0.2, 0) is 94.5 Å². The Hall–Kier alpha value is -6.16. The van der Waals surface area contributed by atoms with Gasteiger partial charge in [0.15, 0.2) is 67.8 Å². The highest BCUT2D eigenvalue weighted by Crippen LogP contribution is 2.49. The molecule has 109 heavy (non-hydrogen) atoms. The number of ketones is 1. The maximum absolute atomic E-state index is 14.1. The van der Waals surface area contributed by atoms with Crippen molar-refractivity contribution in [3.8, 4) is 0 Å². The normalized spacial score (nSPS) is 35.6. The molecule has 1 aliphatic carbocycles. The molecule has 5 fully saturated rings. The van der Waals surface area contributed by atoms with Gasteiger partial charge in [-0.15, -0.1) is 0 Å². The number of nitrogens with two attached hydrogens (primary N) is 1. The van der Waals surface area contributed by atoms with Crippen molar-refractivity contribution >= 4 is 49.4 Å². The van der Waals surface area contributed by atoms with E-state index in [4.69, 9.17) is 66.9 Å². The highest BCUT2D eigenvalue weighted by atomic mass is 31.2. The van der Waals surface area contributed by atoms with Crippen molar-refractivity contribution in [3.63, 3.8) is 0 Å². The SMILES string of the molecule is C=C(C/C=C(\C)CCC=C(C)C)CCC(C)(C)/C=C/CC/C(C)=C/COC(COP(=O)(O)O[C@H]1O[C@H](C(=O)O)[C@@](C)(O)[C@H](OC(N)=O)[C@H]1O[C@@H]1O[C@H](CO[C@@H]2O[C@H](CO)[C@@H](O)[C@H](O)[C@H]2O)[C@@H](O[C@@H]2OC(C)[C@@H](O[C@@H]3O[C@H](C(=O)NC4=C(O)CCC4=O)[C@H](O)[C@H](O)[C@H]3O)[C@H](O)[C@H]2NC(C)=O)[C@H](O)[C@H]1NC(C)=O)C(=O)O. The van der Waals surface area contributed by atoms with Gasteiger partial charge >= 0.3 is 25.9 Å². The molecule has 0 aromatic rings. The summed E-state index contributed by atoms with van der Waals surface area (Å²) in [6.45, 7) is 16.6. The summed E-state index contributed by atoms with van der Waals surface area (Å²) in [5.74, 6) is -8.21. The monoisotopic (exact) mass is 1580 g/mol. The average molecular weight is 1580 g/mol. The maximum atomic E-state index is 14.1. The largest absolute Gasteiger partial charge is 0.510 e. The number of Topliss-reactive ketones (excluding diaryl/α,β-unsaturated/α-hetero) is 1. The van der Waals surface area contributed by atoms with Crippen LogP contribution in [0.25, 0.3) is 0 Å². The molecule has 19 N–H and O–H groups in total. The summed E-state index contributed by atoms with van der Waals surface area (Å²) in [7, 11) is -5.89. The minimum Gasteiger partial charge on any atom is -0.510 e. The van der Waals surface area contributed by atoms with E-state index >= 15 is 0 Å². The van der Waals surface area contributed by atoms with Crippen LogP contribution in [0.3, 0.4) is 0 Å². The van der Waals surface area contributed by atoms with E-state index in [9.17, 15) is 109 Å². The van der Waals surface area contributed by atoms with Gasteiger partial charge in [-0.05, 0) is 91.9 Å². The molecule has 0 spiro atoms. The molecule has 5 heterocycles. The number of ether oxygens (including phenoxy) is 11. The molecule has 3 unspecified atom stereocenters. The van der Waals surface area contributed by atoms with Gasteiger partial charge < -0.3 is 145 Å². The van der Waals surface area contributed by atoms with Gasteiger partial charge in [-0.25, -0.2) is 18.9 Å². The van der Waals surface area contributed by atoms with Crippen LogP contribution in [0.2, 0.25) is 0 Å². The van der Waals surface area contributed by atoms with Crippen LogP contribution >= 0.6 is 7.82 Å². The van der Waals surface area contributed by atoms with Crippen LogP contribution < -0.4 is 21.7 Å². The van der Waals surface area contributed by atoms with Gasteiger partial charge in [0.2, 0.25) is 11.8 Å². The molecule has 0 aromatic carbocycles. The van der Waals surface area contributed by atoms with Crippen molar-refractivity contribution < 1.29 is 171 Å². The molecule has 0 aromatic heterocycles. The summed E-state index contributed by atoms with van der Waals surface area (Å²) in [4.78, 5) is 101. The summed E-state index contributed by atoms with van der Waals surface area (Å²) >= 11 is 0. The van der Waals surface area contributed by atoms with E-state index in [-0.39, 0.29) is 24.9 Å². The molecule has 39 nitrogen and oxygen atoms in total. The topological polar surface area (TPSA) is 602 Å². The van der Waals surface area contributed by atoms with E-state index in [1.54, 1.807) is 13.0 Å². The lowest BCUT2D eigenvalue weighted by atomic mass is 9.85. The van der Waals surface area contributed by atoms with Gasteiger partial charge in [0, 0.05) is 26.7 Å². The standard InChI is InChI=1S/C69H107N4O35P/c1-30(2)15-14-17-31(3)18-19-33(5)22-25-68(9,10)24-13-12-16-32(4)23-26-96-41(60(88)89)29-98-109(94,95)108-66-56(57(107-67(70)92)69(11,93)58(106-66)61(90)91)105-63-44(72-36(8)76)47(81)54(40(101-63)28-97-64-51(85)48(82)45(79)39(27-74)100-64)103-62-43(71-35(7)75)46(80)53(34(6)99-62)102-65-52(86)49(83)50(84)55(104-65)59(87)73-42-37(77)20-21-38(42)78/h13,15,18,23-24,34,39-41,43-58,62-66,74,77,79-86,93H,5,12,14,16-17,19-22,25-29H2,1-4,6-11H3,(H2,70,92)(H,71,75)(H,72,76)(H,73,87)(H,88,89)(H,90,91)(H,94,95)/b24-13+,31-18+,32-23+/t34?,39-,40-,41?,43-,44-,45-,46-,47-,48+,49+,50-,51-,52-,53-,54-,55+,56-,57-,58-,62+,63+,64-,65-,66-,69+/m1/s1. The van der Waals surface area contributed by atoms with E-state index in [1.165, 1.54) is 18.1 Å². The second-order valence-electron chi connectivity index (χ2n) is 28.8. The van der Waals surface area contributed by atoms with Crippen molar-refractivity contribution in [2.24, 2.45) is 11.1 Å². The van der Waals surface area contributed by atoms with Gasteiger partial charge in [0.25, 0.3) is 5.91 Å². The van der Waals surface area contributed by atoms with E-state index in [1.807, 2.05) is 6.08 Å². The van der Waals surface area contributed by atoms with Crippen molar-refractivity contribution in [2.75, 3.05) is 26.4 Å². The Kier molecular flexibility index (Phi) is 34.1. The second kappa shape index (κ2) is 40.5. The van der Waals surface area contributed by atoms with Crippen molar-refractivity contribution in [1.29, 1.82) is 0 Å². The Morgan fingerprint density at radius 1 is 0.716 bits per heavy atom. The number of amides is 4. The number of rotatable bonds is 37. The number of aliphatic hydroxyl groups excluding tert-OH is 10. The number of nitrogens with one attached hydrogen (secondary N) is 3. The first-order chi connectivity index (χ1) is 50.9. The first-order valence-corrected chi connectivity index (χ1v) is 36.8. The fourth-order valence-electron chi connectivity index (χ4n) is 12.6. The van der Waals surface area contributed by atoms with Gasteiger partial charge in [-0.1, -0.05) is 73.1 Å². The predicted molar refractivity (Wildman–Crippen MR) is 370 cm³/mol. The molecule has 0 saturated carbocycles. The lowest BCUT2D eigenvalue weighted by Gasteiger charge is -2.51. The molecule has 40 heteroatoms. The summed E-state index contributed by atoms with van der Waals surface area (Å²) in [5.41, 5.74) is 6.20. The Labute approximate surface area is 628 Å². The van der Waals surface area contributed by atoms with Crippen LogP contribution in [0, 0.1) is 5.41 Å². The third-order valence-electron chi connectivity index (χ3n) is 18.9. The number of phosphoric ester groups is 1. The molecular formula is C69H107N4O35P. The lowest BCUT2D eigenvalue weighted by molar-refractivity contribution is -0.375. The van der Waals surface area contributed by atoms with Crippen molar-refractivity contribution in [1.82, 2.24) is 16.0 Å². The fourth-order valence-corrected chi connectivity index (χ4v) is 13.4. The number of carbonyl (C=O) groups excluding carboxylic acids is 5. The van der Waals surface area contributed by atoms with E-state index in [0.29, 0.717) is 19.8 Å². The summed E-state index contributed by atoms with van der Waals surface area (Å²) < 4.78 is 88.5. The Morgan fingerprint density at radius 3 is 1.88 bits per heavy atom. The average Bonchev–Trinajstić information content (AvgIpc) is 1.80. The molecule has 6 aliphatic rings. The smallest absolute Gasteiger partial charge is 0.474 e. The third-order valence-corrected chi connectivity index (χ3v) is 19.8. The Bertz CT molecular complexity index is 3360. The number of hydrogen-bond donors (Lipinski definition) is 18. The number of primary amides is 1. The second-order valence-corrected chi connectivity index (χ2v) is 30.2. The van der Waals surface area contributed by atoms with E-state index in [2.05, 4.69) is 75.4 Å². The van der Waals surface area contributed by atoms with Crippen molar-refractivity contribution in [3.05, 3.63) is 70.7 Å². The van der Waals surface area contributed by atoms with Gasteiger partial charge in [-0.3, -0.25) is 28.2 Å². The Balaban J connectivity index is 1.25. The molecule has 0 radical (unpaired) electrons. The highest BCUT2D eigenvalue weighted by Gasteiger charge is 2.63. The zero-order valence-electron chi connectivity index (χ0n) is 62.1. The molecule has 27 atom stereocenters. The molecule has 618 valence electrons. The van der Waals surface area contributed by atoms with Gasteiger partial charge in [0.1, 0.15) is 102 Å². The van der Waals surface area contributed by atoms with Gasteiger partial charge in [0.05, 0.1) is 32.5 Å². The Morgan fingerprint density at radius 2 is 1.29 bits per heavy atom. The number of carboxylic acid groups (broad SMARTS) is 2. The molecule has 5 saturated heterocycles. The summed E-state index contributed by atoms with van der Waals surface area (Å²) in [6.07, 6.45) is -36.2. The number of aliphatic hydroxyl groups is 11. The zero-order valence-corrected chi connectivity index (χ0v) is 63.0. The van der Waals surface area contributed by atoms with Crippen molar-refractivity contribution in [2.45, 2.75) is 286 Å². The quantitative estimate of drug-likeness (QED) is 0.0250. The molecule has 4 amide bonds. The van der Waals surface area contributed by atoms with Crippen LogP contribution in [0.15, 0.2) is 70.7 Å². The van der Waals surface area contributed by atoms with Crippen LogP contribution in [-0.4, -0.2) is 298 Å². The number of hydrogen-bond acceptors (Lipinski definition) is 32. The minimum absolute atomic E-state index is 0.131. The summed E-state index contributed by atoms with van der Waals surface area (Å²) in [5, 5.41) is 149. The third kappa shape index (κ3) is 25.4. The highest BCUT2D eigenvalue weighted by molar-refractivity contribution is 7.47. The first kappa shape index (κ1) is 91.7. The minimum atomic E-state index is -5.89. The van der Waals surface area contributed by atoms with Crippen LogP contribution in [0.1, 0.15) is 127 Å². The van der Waals surface area contributed by atoms with E-state index in [0.717, 1.165) is 57.1 Å². The first-order valence-electron chi connectivity index (χ1n) is 35.3. The number of allylic oxidation sites excluding steroid dienone is 10. The van der Waals surface area contributed by atoms with E-state index < -0.39 is 240 Å². The maximum Gasteiger partial charge on any atom is 0.474 e. The van der Waals surface area contributed by atoms with Gasteiger partial charge in [-0.2, -0.15) is 0 Å². The van der Waals surface area contributed by atoms with Crippen LogP contribution in [0.4, 0.5) is 4.79 Å². The lowest BCUT2D eigenvalue weighted by Crippen LogP contribution is -2.72. The summed E-state index contributed by atoms with van der Waals surface area (Å²) in [6, 6.07) is -4.03. The number of carbonyl (C=O) groups is 7. The molecule has 0 bridgehead atoms. The number of carboxylic acids is 2. The fraction of sp³-hybridized carbons (Fsp3) is 0.725. The number of phosphoric acid groups is 1. The molecular weight excluding hydrogens is 1480 g/mol.